The molecule has 0 amide bonds. The van der Waals surface area contributed by atoms with Gasteiger partial charge >= 0.3 is 40.8 Å². The predicted octanol–water partition coefficient (Wildman–Crippen LogP) is 12.5. The van der Waals surface area contributed by atoms with Crippen LogP contribution < -0.4 is 21.0 Å². The van der Waals surface area contributed by atoms with Gasteiger partial charge in [0.25, 0.3) is 0 Å². The maximum Gasteiger partial charge on any atom is 2.00 e. The molecule has 364 valence electrons. The number of pyridine rings is 4. The summed E-state index contributed by atoms with van der Waals surface area (Å²) in [5.74, 6) is 0. The van der Waals surface area contributed by atoms with E-state index in [9.17, 15) is 0 Å². The Kier molecular flexibility index (Phi) is 14.3. The predicted molar refractivity (Wildman–Crippen MR) is 301 cm³/mol. The monoisotopic (exact) mass is 1170 g/mol. The Labute approximate surface area is 472 Å². The van der Waals surface area contributed by atoms with Gasteiger partial charge in [0.1, 0.15) is 5.41 Å². The van der Waals surface area contributed by atoms with Gasteiger partial charge in [-0.05, 0) is 90.8 Å². The van der Waals surface area contributed by atoms with Crippen molar-refractivity contribution >= 4 is 29.1 Å². The third-order valence-electron chi connectivity index (χ3n) is 14.4. The SMILES string of the molecule is [Pd+2].[Pd+2].[c-]1ccccc1-c1cccc(C2(c3cccc(-c4[c-]cccc4)n3)c3ccccc3-c3ccccc32)n1.[c-]1ccccc1-c1cccc([Si]2(c3cccc(-c4[c-]cccc4)n3)c3ccccc3-c3ccccc32)n1. The molecule has 1 aliphatic heterocycles. The van der Waals surface area contributed by atoms with E-state index in [1.54, 1.807) is 0 Å². The van der Waals surface area contributed by atoms with Crippen LogP contribution in [-0.2, 0) is 46.3 Å². The fourth-order valence-electron chi connectivity index (χ4n) is 11.2. The summed E-state index contributed by atoms with van der Waals surface area (Å²) in [4.78, 5) is 21.3. The fourth-order valence-corrected chi connectivity index (χ4v) is 16.1. The molecule has 0 N–H and O–H groups in total. The Morgan fingerprint density at radius 1 is 0.276 bits per heavy atom. The van der Waals surface area contributed by atoms with E-state index >= 15 is 0 Å². The number of fused-ring (bicyclic) bond motifs is 6. The molecule has 0 bridgehead atoms. The zero-order valence-corrected chi connectivity index (χ0v) is 44.9. The summed E-state index contributed by atoms with van der Waals surface area (Å²) in [6, 6.07) is 106. The van der Waals surface area contributed by atoms with E-state index in [1.807, 2.05) is 72.8 Å². The Hall–Kier alpha value is -8.10. The fraction of sp³-hybridized carbons (Fsp3) is 0.0145. The van der Waals surface area contributed by atoms with Gasteiger partial charge < -0.3 is 9.97 Å². The van der Waals surface area contributed by atoms with Crippen molar-refractivity contribution in [1.29, 1.82) is 0 Å². The van der Waals surface area contributed by atoms with E-state index in [1.165, 1.54) is 43.8 Å². The standard InChI is InChI=1S/C35H22N2.C34H22N2Si.2Pd/c1-3-13-25(14-4-1)31-21-11-23-33(36-31)35(34-24-12-22-32(37-34)26-15-5-2-6-16-26)29-19-9-7-17-27(29)28-18-8-10-20-30(28)35;1-3-13-25(14-4-1)29-19-11-23-33(35-29)37(34-24-12-20-30(36-34)26-15-5-2-6-16-26)31-21-9-7-17-27(31)28-18-8-10-22-32(28)37;;/h2*1-13,15,17-24H;;/q2*-2;2*+2. The van der Waals surface area contributed by atoms with Crippen LogP contribution in [0.2, 0.25) is 0 Å². The number of nitrogens with zero attached hydrogens (tertiary/aromatic N) is 4. The smallest absolute Gasteiger partial charge is 0.305 e. The molecule has 8 aromatic carbocycles. The number of hydrogen-bond donors (Lipinski definition) is 0. The van der Waals surface area contributed by atoms with Crippen LogP contribution in [0.5, 0.6) is 0 Å². The molecular formula is C69H44N4Pd2Si. The van der Waals surface area contributed by atoms with Gasteiger partial charge in [-0.15, -0.1) is 144 Å². The Morgan fingerprint density at radius 3 is 0.961 bits per heavy atom. The molecule has 0 atom stereocenters. The average Bonchev–Trinajstić information content (AvgIpc) is 4.12. The second-order valence-corrected chi connectivity index (χ2v) is 22.0. The van der Waals surface area contributed by atoms with Crippen LogP contribution in [0.25, 0.3) is 67.3 Å². The van der Waals surface area contributed by atoms with E-state index in [0.717, 1.165) is 67.1 Å². The summed E-state index contributed by atoms with van der Waals surface area (Å²) in [5.41, 5.74) is 16.2. The van der Waals surface area contributed by atoms with E-state index in [4.69, 9.17) is 19.9 Å². The molecule has 0 fully saturated rings. The van der Waals surface area contributed by atoms with Gasteiger partial charge in [-0.1, -0.05) is 146 Å². The van der Waals surface area contributed by atoms with Crippen molar-refractivity contribution in [1.82, 2.24) is 19.9 Å². The van der Waals surface area contributed by atoms with Gasteiger partial charge in [0.05, 0.1) is 11.4 Å². The molecule has 0 saturated heterocycles. The van der Waals surface area contributed by atoms with Crippen LogP contribution in [0, 0.1) is 24.3 Å². The van der Waals surface area contributed by atoms with Crippen molar-refractivity contribution in [2.45, 2.75) is 5.41 Å². The van der Waals surface area contributed by atoms with Gasteiger partial charge in [0.15, 0.2) is 0 Å². The Balaban J connectivity index is 0.000000158. The van der Waals surface area contributed by atoms with Crippen molar-refractivity contribution in [3.05, 3.63) is 314 Å². The molecular weight excluding hydrogens is 1130 g/mol. The quantitative estimate of drug-likeness (QED) is 0.112. The Morgan fingerprint density at radius 2 is 0.592 bits per heavy atom. The molecule has 0 spiro atoms. The maximum atomic E-state index is 5.36. The summed E-state index contributed by atoms with van der Waals surface area (Å²) in [5, 5.41) is 4.84. The molecule has 4 aromatic heterocycles. The average molecular weight is 1170 g/mol. The third-order valence-corrected chi connectivity index (χ3v) is 19.0. The third kappa shape index (κ3) is 8.58. The summed E-state index contributed by atoms with van der Waals surface area (Å²) in [6.45, 7) is 0. The first-order chi connectivity index (χ1) is 36.7. The van der Waals surface area contributed by atoms with Crippen LogP contribution in [-0.4, -0.2) is 28.0 Å². The van der Waals surface area contributed by atoms with Crippen LogP contribution in [0.3, 0.4) is 0 Å². The minimum absolute atomic E-state index is 0. The molecule has 4 nitrogen and oxygen atoms in total. The van der Waals surface area contributed by atoms with Gasteiger partial charge in [-0.3, -0.25) is 9.97 Å². The minimum Gasteiger partial charge on any atom is -0.305 e. The maximum absolute atomic E-state index is 5.36. The van der Waals surface area contributed by atoms with Crippen LogP contribution >= 0.6 is 0 Å². The molecule has 0 radical (unpaired) electrons. The van der Waals surface area contributed by atoms with E-state index in [0.29, 0.717) is 0 Å². The van der Waals surface area contributed by atoms with Crippen LogP contribution in [0.15, 0.2) is 267 Å². The zero-order chi connectivity index (χ0) is 49.3. The summed E-state index contributed by atoms with van der Waals surface area (Å²) >= 11 is 0. The van der Waals surface area contributed by atoms with Crippen molar-refractivity contribution in [2.24, 2.45) is 0 Å². The van der Waals surface area contributed by atoms with Gasteiger partial charge in [0.2, 0.25) is 8.07 Å². The number of benzene rings is 8. The number of aromatic nitrogens is 4. The van der Waals surface area contributed by atoms with Crippen LogP contribution in [0.1, 0.15) is 22.5 Å². The second-order valence-electron chi connectivity index (χ2n) is 18.4. The molecule has 12 aromatic rings. The van der Waals surface area contributed by atoms with Crippen molar-refractivity contribution in [2.75, 3.05) is 0 Å². The second kappa shape index (κ2) is 21.6. The molecule has 5 heterocycles. The summed E-state index contributed by atoms with van der Waals surface area (Å²) < 4.78 is 0. The first-order valence-corrected chi connectivity index (χ1v) is 26.9. The number of rotatable bonds is 8. The molecule has 7 heteroatoms. The largest absolute Gasteiger partial charge is 2.00 e. The van der Waals surface area contributed by atoms with Gasteiger partial charge in [-0.2, -0.15) is 0 Å². The normalized spacial score (nSPS) is 12.7. The van der Waals surface area contributed by atoms with E-state index in [-0.39, 0.29) is 40.8 Å². The molecule has 76 heavy (non-hydrogen) atoms. The Bertz CT molecular complexity index is 3460. The zero-order valence-electron chi connectivity index (χ0n) is 40.8. The minimum atomic E-state index is -2.80. The molecule has 14 rings (SSSR count). The van der Waals surface area contributed by atoms with Crippen LogP contribution in [0.4, 0.5) is 0 Å². The van der Waals surface area contributed by atoms with Crippen molar-refractivity contribution in [3.8, 4) is 67.3 Å². The van der Waals surface area contributed by atoms with Gasteiger partial charge in [0, 0.05) is 10.6 Å². The first-order valence-electron chi connectivity index (χ1n) is 24.9. The van der Waals surface area contributed by atoms with Crippen molar-refractivity contribution in [3.63, 3.8) is 0 Å². The number of hydrogen-bond acceptors (Lipinski definition) is 4. The molecule has 0 saturated carbocycles. The summed E-state index contributed by atoms with van der Waals surface area (Å²) in [7, 11) is -2.80. The molecule has 2 aliphatic rings. The molecule has 0 unspecified atom stereocenters. The van der Waals surface area contributed by atoms with E-state index < -0.39 is 13.5 Å². The summed E-state index contributed by atoms with van der Waals surface area (Å²) in [6.07, 6.45) is 0. The van der Waals surface area contributed by atoms with Gasteiger partial charge in [-0.25, -0.2) is 0 Å². The first kappa shape index (κ1) is 50.1. The van der Waals surface area contributed by atoms with Crippen molar-refractivity contribution < 1.29 is 40.8 Å². The topological polar surface area (TPSA) is 51.6 Å². The molecule has 1 aliphatic carbocycles. The van der Waals surface area contributed by atoms with E-state index in [2.05, 4.69) is 218 Å².